The van der Waals surface area contributed by atoms with Crippen molar-refractivity contribution in [2.75, 3.05) is 20.3 Å². The second-order valence-corrected chi connectivity index (χ2v) is 9.23. The van der Waals surface area contributed by atoms with Gasteiger partial charge < -0.3 is 19.5 Å². The molecule has 0 aromatic heterocycles. The number of aryl methyl sites for hydroxylation is 1. The van der Waals surface area contributed by atoms with Gasteiger partial charge in [-0.1, -0.05) is 23.7 Å². The van der Waals surface area contributed by atoms with Crippen LogP contribution in [0.15, 0.2) is 54.6 Å². The molecule has 3 aromatic rings. The van der Waals surface area contributed by atoms with Crippen LogP contribution in [0.3, 0.4) is 0 Å². The van der Waals surface area contributed by atoms with Crippen LogP contribution in [0.4, 0.5) is 0 Å². The first-order valence-corrected chi connectivity index (χ1v) is 12.2. The number of hydrogen-bond donors (Lipinski definition) is 1. The number of ether oxygens (including phenoxy) is 3. The molecule has 7 heteroatoms. The Balaban J connectivity index is 0.00000289. The van der Waals surface area contributed by atoms with E-state index in [4.69, 9.17) is 25.8 Å². The van der Waals surface area contributed by atoms with Crippen LogP contribution in [-0.2, 0) is 12.8 Å². The summed E-state index contributed by atoms with van der Waals surface area (Å²) in [4.78, 5) is 12.6. The fourth-order valence-corrected chi connectivity index (χ4v) is 4.51. The fraction of sp³-hybridized carbons (Fsp3) is 0.321. The number of amides is 1. The van der Waals surface area contributed by atoms with Crippen molar-refractivity contribution in [1.82, 2.24) is 5.32 Å². The van der Waals surface area contributed by atoms with Crippen LogP contribution in [0.1, 0.15) is 52.2 Å². The molecular formula is C28H29ClNNaO4. The van der Waals surface area contributed by atoms with Crippen molar-refractivity contribution in [2.45, 2.75) is 38.0 Å². The Kier molecular flexibility index (Phi) is 8.66. The van der Waals surface area contributed by atoms with E-state index in [1.165, 1.54) is 18.4 Å². The molecule has 5 rings (SSSR count). The third kappa shape index (κ3) is 6.34. The van der Waals surface area contributed by atoms with Crippen molar-refractivity contribution in [3.63, 3.8) is 0 Å². The molecule has 1 N–H and O–H groups in total. The SMILES string of the molecule is COc1cc(C2CC2)ccc1CCNC(=O)c1ccc(Oc2cc3c(cc2Cl)CCCO3)cc1.[NaH]. The topological polar surface area (TPSA) is 56.8 Å². The Labute approximate surface area is 233 Å². The molecule has 5 nitrogen and oxygen atoms in total. The molecule has 1 amide bonds. The molecule has 178 valence electrons. The van der Waals surface area contributed by atoms with Gasteiger partial charge in [-0.15, -0.1) is 0 Å². The first kappa shape index (κ1) is 25.9. The number of carbonyl (C=O) groups excluding carboxylic acids is 1. The summed E-state index contributed by atoms with van der Waals surface area (Å²) in [6.45, 7) is 1.23. The van der Waals surface area contributed by atoms with Gasteiger partial charge in [-0.05, 0) is 91.1 Å². The molecule has 0 spiro atoms. The van der Waals surface area contributed by atoms with E-state index < -0.39 is 0 Å². The number of hydrogen-bond acceptors (Lipinski definition) is 4. The molecule has 1 heterocycles. The van der Waals surface area contributed by atoms with E-state index in [0.717, 1.165) is 35.5 Å². The van der Waals surface area contributed by atoms with Crippen LogP contribution in [0, 0.1) is 0 Å². The summed E-state index contributed by atoms with van der Waals surface area (Å²) in [5.74, 6) is 3.43. The molecule has 35 heavy (non-hydrogen) atoms. The third-order valence-electron chi connectivity index (χ3n) is 6.35. The zero-order chi connectivity index (χ0) is 23.5. The number of benzene rings is 3. The predicted molar refractivity (Wildman–Crippen MR) is 140 cm³/mol. The van der Waals surface area contributed by atoms with Gasteiger partial charge in [-0.25, -0.2) is 0 Å². The average molecular weight is 502 g/mol. The fourth-order valence-electron chi connectivity index (χ4n) is 4.28. The Morgan fingerprint density at radius 3 is 2.63 bits per heavy atom. The number of carbonyl (C=O) groups is 1. The van der Waals surface area contributed by atoms with Crippen molar-refractivity contribution < 1.29 is 19.0 Å². The van der Waals surface area contributed by atoms with Crippen molar-refractivity contribution >= 4 is 47.1 Å². The maximum atomic E-state index is 12.6. The summed E-state index contributed by atoms with van der Waals surface area (Å²) in [7, 11) is 1.70. The molecule has 0 saturated heterocycles. The van der Waals surface area contributed by atoms with Gasteiger partial charge in [0.25, 0.3) is 5.91 Å². The third-order valence-corrected chi connectivity index (χ3v) is 6.64. The Hall–Kier alpha value is -2.18. The van der Waals surface area contributed by atoms with Gasteiger partial charge in [0.05, 0.1) is 18.7 Å². The summed E-state index contributed by atoms with van der Waals surface area (Å²) >= 11 is 6.40. The number of fused-ring (bicyclic) bond motifs is 1. The van der Waals surface area contributed by atoms with E-state index in [1.807, 2.05) is 12.1 Å². The minimum absolute atomic E-state index is 0. The van der Waals surface area contributed by atoms with Gasteiger partial charge in [-0.3, -0.25) is 4.79 Å². The first-order chi connectivity index (χ1) is 16.6. The molecule has 0 atom stereocenters. The quantitative estimate of drug-likeness (QED) is 0.404. The van der Waals surface area contributed by atoms with Crippen LogP contribution in [0.2, 0.25) is 5.02 Å². The zero-order valence-electron chi connectivity index (χ0n) is 19.2. The van der Waals surface area contributed by atoms with Gasteiger partial charge in [0.2, 0.25) is 0 Å². The maximum absolute atomic E-state index is 12.6. The molecule has 1 aliphatic heterocycles. The molecule has 3 aromatic carbocycles. The van der Waals surface area contributed by atoms with Crippen LogP contribution < -0.4 is 19.5 Å². The molecule has 0 bridgehead atoms. The summed E-state index contributed by atoms with van der Waals surface area (Å²) in [5.41, 5.74) is 4.12. The summed E-state index contributed by atoms with van der Waals surface area (Å²) < 4.78 is 17.2. The van der Waals surface area contributed by atoms with Gasteiger partial charge in [-0.2, -0.15) is 0 Å². The second kappa shape index (κ2) is 11.7. The number of rotatable bonds is 8. The normalized spacial score (nSPS) is 14.2. The van der Waals surface area contributed by atoms with E-state index in [1.54, 1.807) is 31.4 Å². The van der Waals surface area contributed by atoms with Crippen molar-refractivity contribution in [1.29, 1.82) is 0 Å². The number of nitrogens with one attached hydrogen (secondary N) is 1. The van der Waals surface area contributed by atoms with Crippen LogP contribution in [-0.4, -0.2) is 55.7 Å². The molecule has 0 unspecified atom stereocenters. The van der Waals surface area contributed by atoms with E-state index in [-0.39, 0.29) is 35.5 Å². The summed E-state index contributed by atoms with van der Waals surface area (Å²) in [6.07, 6.45) is 5.18. The summed E-state index contributed by atoms with van der Waals surface area (Å²) in [6, 6.07) is 17.2. The van der Waals surface area contributed by atoms with E-state index in [0.29, 0.717) is 47.6 Å². The number of halogens is 1. The van der Waals surface area contributed by atoms with E-state index in [2.05, 4.69) is 23.5 Å². The zero-order valence-corrected chi connectivity index (χ0v) is 20.0. The molecule has 1 aliphatic carbocycles. The first-order valence-electron chi connectivity index (χ1n) is 11.8. The Morgan fingerprint density at radius 2 is 1.89 bits per heavy atom. The van der Waals surface area contributed by atoms with Gasteiger partial charge in [0.1, 0.15) is 23.0 Å². The van der Waals surface area contributed by atoms with Crippen molar-refractivity contribution in [3.05, 3.63) is 81.9 Å². The molecule has 2 aliphatic rings. The van der Waals surface area contributed by atoms with Crippen LogP contribution >= 0.6 is 11.6 Å². The Morgan fingerprint density at radius 1 is 1.09 bits per heavy atom. The van der Waals surface area contributed by atoms with Gasteiger partial charge >= 0.3 is 29.6 Å². The van der Waals surface area contributed by atoms with Crippen LogP contribution in [0.25, 0.3) is 0 Å². The van der Waals surface area contributed by atoms with Crippen molar-refractivity contribution in [2.24, 2.45) is 0 Å². The molecule has 1 saturated carbocycles. The molecular weight excluding hydrogens is 473 g/mol. The van der Waals surface area contributed by atoms with Gasteiger partial charge in [0, 0.05) is 18.2 Å². The van der Waals surface area contributed by atoms with Crippen molar-refractivity contribution in [3.8, 4) is 23.0 Å². The minimum atomic E-state index is -0.125. The molecule has 1 fully saturated rings. The summed E-state index contributed by atoms with van der Waals surface area (Å²) in [5, 5.41) is 3.54. The molecule has 0 radical (unpaired) electrons. The van der Waals surface area contributed by atoms with E-state index in [9.17, 15) is 4.79 Å². The number of methoxy groups -OCH3 is 1. The van der Waals surface area contributed by atoms with Crippen LogP contribution in [0.5, 0.6) is 23.0 Å². The average Bonchev–Trinajstić information content (AvgIpc) is 3.71. The second-order valence-electron chi connectivity index (χ2n) is 8.82. The van der Waals surface area contributed by atoms with Gasteiger partial charge in [0.15, 0.2) is 0 Å². The van der Waals surface area contributed by atoms with E-state index >= 15 is 0 Å². The monoisotopic (exact) mass is 501 g/mol. The Bertz CT molecular complexity index is 1190. The predicted octanol–water partition coefficient (Wildman–Crippen LogP) is 5.67. The standard InChI is InChI=1S/C28H28ClNO4.Na.H/c1-32-25-16-21(18-4-5-18)7-6-19(25)12-13-30-28(31)20-8-10-23(11-9-20)34-27-17-26-22(15-24(27)29)3-2-14-33-26;;/h6-11,15-18H,2-5,12-14H2,1H3,(H,30,31);;.